The summed E-state index contributed by atoms with van der Waals surface area (Å²) in [7, 11) is 0. The van der Waals surface area contributed by atoms with Crippen LogP contribution in [0, 0.1) is 12.3 Å². The molecule has 62 valence electrons. The molecule has 0 unspecified atom stereocenters. The lowest BCUT2D eigenvalue weighted by Gasteiger charge is -1.99. The number of nitrogens with two attached hydrogens (primary N) is 1. The Morgan fingerprint density at radius 2 is 2.25 bits per heavy atom. The standard InChI is InChI=1S/C6H5ClN4O/c1-2-3-12-6-10-4(7)9-5(8)11-6/h1H,3H2,(H2,8,9,10,11). The largest absolute Gasteiger partial charge is 0.450 e. The fourth-order valence-corrected chi connectivity index (χ4v) is 0.676. The lowest BCUT2D eigenvalue weighted by atomic mass is 10.7. The maximum absolute atomic E-state index is 5.46. The Morgan fingerprint density at radius 3 is 2.83 bits per heavy atom. The van der Waals surface area contributed by atoms with Gasteiger partial charge in [-0.1, -0.05) is 5.92 Å². The summed E-state index contributed by atoms with van der Waals surface area (Å²) in [6.07, 6.45) is 4.94. The van der Waals surface area contributed by atoms with E-state index in [1.807, 2.05) is 0 Å². The van der Waals surface area contributed by atoms with Gasteiger partial charge in [0.25, 0.3) is 0 Å². The van der Waals surface area contributed by atoms with E-state index in [0.29, 0.717) is 0 Å². The van der Waals surface area contributed by atoms with Gasteiger partial charge in [0, 0.05) is 0 Å². The molecule has 1 heterocycles. The van der Waals surface area contributed by atoms with E-state index >= 15 is 0 Å². The van der Waals surface area contributed by atoms with Crippen LogP contribution in [0.25, 0.3) is 0 Å². The van der Waals surface area contributed by atoms with Gasteiger partial charge in [0.15, 0.2) is 6.61 Å². The van der Waals surface area contributed by atoms with E-state index in [-0.39, 0.29) is 23.8 Å². The number of hydrogen-bond donors (Lipinski definition) is 1. The smallest absolute Gasteiger partial charge is 0.323 e. The van der Waals surface area contributed by atoms with E-state index in [0.717, 1.165) is 0 Å². The van der Waals surface area contributed by atoms with Crippen LogP contribution in [-0.2, 0) is 0 Å². The molecule has 1 aromatic heterocycles. The van der Waals surface area contributed by atoms with Crippen molar-refractivity contribution in [3.05, 3.63) is 5.28 Å². The van der Waals surface area contributed by atoms with Crippen LogP contribution in [0.5, 0.6) is 6.01 Å². The van der Waals surface area contributed by atoms with Crippen LogP contribution < -0.4 is 10.5 Å². The molecule has 0 spiro atoms. The number of terminal acetylenes is 1. The molecule has 0 aliphatic heterocycles. The first-order valence-electron chi connectivity index (χ1n) is 2.95. The van der Waals surface area contributed by atoms with Crippen molar-refractivity contribution >= 4 is 17.5 Å². The average molecular weight is 185 g/mol. The van der Waals surface area contributed by atoms with Crippen molar-refractivity contribution in [1.29, 1.82) is 0 Å². The number of hydrogen-bond acceptors (Lipinski definition) is 5. The zero-order chi connectivity index (χ0) is 8.97. The molecule has 12 heavy (non-hydrogen) atoms. The first kappa shape index (κ1) is 8.56. The fourth-order valence-electron chi connectivity index (χ4n) is 0.517. The lowest BCUT2D eigenvalue weighted by Crippen LogP contribution is -2.03. The summed E-state index contributed by atoms with van der Waals surface area (Å²) in [4.78, 5) is 10.8. The molecule has 0 aliphatic carbocycles. The van der Waals surface area contributed by atoms with Gasteiger partial charge in [0.05, 0.1) is 0 Å². The minimum absolute atomic E-state index is 0.00187. The van der Waals surface area contributed by atoms with Gasteiger partial charge < -0.3 is 10.5 Å². The van der Waals surface area contributed by atoms with Crippen molar-refractivity contribution < 1.29 is 4.74 Å². The highest BCUT2D eigenvalue weighted by atomic mass is 35.5. The number of ether oxygens (including phenoxy) is 1. The Kier molecular flexibility index (Phi) is 2.66. The summed E-state index contributed by atoms with van der Waals surface area (Å²) in [6, 6.07) is 0.0328. The van der Waals surface area contributed by atoms with E-state index in [9.17, 15) is 0 Å². The molecule has 0 aromatic carbocycles. The monoisotopic (exact) mass is 184 g/mol. The molecule has 0 amide bonds. The molecule has 0 bridgehead atoms. The highest BCUT2D eigenvalue weighted by Gasteiger charge is 2.01. The Hall–Kier alpha value is -1.54. The highest BCUT2D eigenvalue weighted by molar-refractivity contribution is 6.28. The van der Waals surface area contributed by atoms with Crippen LogP contribution >= 0.6 is 11.6 Å². The third-order valence-electron chi connectivity index (χ3n) is 0.890. The van der Waals surface area contributed by atoms with Gasteiger partial charge in [-0.25, -0.2) is 0 Å². The van der Waals surface area contributed by atoms with Gasteiger partial charge in [-0.15, -0.1) is 6.42 Å². The molecule has 0 radical (unpaired) electrons. The third kappa shape index (κ3) is 2.25. The Balaban J connectivity index is 2.80. The summed E-state index contributed by atoms with van der Waals surface area (Å²) in [5.74, 6) is 2.25. The number of aromatic nitrogens is 3. The van der Waals surface area contributed by atoms with Crippen molar-refractivity contribution in [2.45, 2.75) is 0 Å². The molecule has 2 N–H and O–H groups in total. The van der Waals surface area contributed by atoms with Crippen LogP contribution in [0.2, 0.25) is 5.28 Å². The topological polar surface area (TPSA) is 73.9 Å². The van der Waals surface area contributed by atoms with E-state index in [1.54, 1.807) is 0 Å². The predicted octanol–water partition coefficient (Wildman–Crippen LogP) is 0.119. The van der Waals surface area contributed by atoms with Gasteiger partial charge in [0.2, 0.25) is 11.2 Å². The van der Waals surface area contributed by atoms with Crippen LogP contribution in [-0.4, -0.2) is 21.6 Å². The first-order valence-corrected chi connectivity index (χ1v) is 3.33. The Bertz CT molecular complexity index is 302. The molecule has 0 atom stereocenters. The summed E-state index contributed by atoms with van der Waals surface area (Å²) in [6.45, 7) is 0.0692. The van der Waals surface area contributed by atoms with Crippen LogP contribution in [0.1, 0.15) is 0 Å². The molecule has 0 saturated carbocycles. The van der Waals surface area contributed by atoms with Gasteiger partial charge in [-0.3, -0.25) is 0 Å². The van der Waals surface area contributed by atoms with Crippen LogP contribution in [0.15, 0.2) is 0 Å². The molecule has 6 heteroatoms. The average Bonchev–Trinajstić information content (AvgIpc) is 1.99. The predicted molar refractivity (Wildman–Crippen MR) is 43.6 cm³/mol. The number of halogens is 1. The zero-order valence-electron chi connectivity index (χ0n) is 5.99. The maximum Gasteiger partial charge on any atom is 0.323 e. The molecule has 0 saturated heterocycles. The Morgan fingerprint density at radius 1 is 1.50 bits per heavy atom. The summed E-state index contributed by atoms with van der Waals surface area (Å²) in [5.41, 5.74) is 5.25. The highest BCUT2D eigenvalue weighted by Crippen LogP contribution is 2.08. The van der Waals surface area contributed by atoms with Crippen molar-refractivity contribution in [3.8, 4) is 18.4 Å². The normalized spacial score (nSPS) is 9.00. The van der Waals surface area contributed by atoms with Gasteiger partial charge >= 0.3 is 6.01 Å². The summed E-state index contributed by atoms with van der Waals surface area (Å²) in [5, 5.41) is -0.0190. The summed E-state index contributed by atoms with van der Waals surface area (Å²) >= 11 is 5.46. The number of nitrogen functional groups attached to an aromatic ring is 1. The lowest BCUT2D eigenvalue weighted by molar-refractivity contribution is 0.339. The van der Waals surface area contributed by atoms with Crippen LogP contribution in [0.4, 0.5) is 5.95 Å². The number of rotatable bonds is 2. The van der Waals surface area contributed by atoms with Gasteiger partial charge in [0.1, 0.15) is 0 Å². The van der Waals surface area contributed by atoms with Gasteiger partial charge in [-0.05, 0) is 11.6 Å². The zero-order valence-corrected chi connectivity index (χ0v) is 6.75. The van der Waals surface area contributed by atoms with E-state index < -0.39 is 0 Å². The maximum atomic E-state index is 5.46. The summed E-state index contributed by atoms with van der Waals surface area (Å²) < 4.78 is 4.85. The van der Waals surface area contributed by atoms with E-state index in [4.69, 9.17) is 28.5 Å². The molecule has 1 rings (SSSR count). The minimum Gasteiger partial charge on any atom is -0.450 e. The molecule has 0 aliphatic rings. The number of nitrogens with zero attached hydrogens (tertiary/aromatic N) is 3. The second-order valence-corrected chi connectivity index (χ2v) is 2.08. The SMILES string of the molecule is C#CCOc1nc(N)nc(Cl)n1. The van der Waals surface area contributed by atoms with Crippen LogP contribution in [0.3, 0.4) is 0 Å². The second-order valence-electron chi connectivity index (χ2n) is 1.74. The van der Waals surface area contributed by atoms with Crippen molar-refractivity contribution in [3.63, 3.8) is 0 Å². The molecule has 0 fully saturated rings. The molecular weight excluding hydrogens is 180 g/mol. The van der Waals surface area contributed by atoms with Crippen molar-refractivity contribution in [2.75, 3.05) is 12.3 Å². The molecule has 5 nitrogen and oxygen atoms in total. The van der Waals surface area contributed by atoms with E-state index in [1.165, 1.54) is 0 Å². The second kappa shape index (κ2) is 3.74. The first-order chi connectivity index (χ1) is 5.72. The minimum atomic E-state index is -0.0190. The quantitative estimate of drug-likeness (QED) is 0.661. The fraction of sp³-hybridized carbons (Fsp3) is 0.167. The van der Waals surface area contributed by atoms with Crippen molar-refractivity contribution in [2.24, 2.45) is 0 Å². The third-order valence-corrected chi connectivity index (χ3v) is 1.06. The Labute approximate surface area is 73.9 Å². The van der Waals surface area contributed by atoms with Gasteiger partial charge in [-0.2, -0.15) is 15.0 Å². The van der Waals surface area contributed by atoms with E-state index in [2.05, 4.69) is 20.9 Å². The molecule has 1 aromatic rings. The number of anilines is 1. The van der Waals surface area contributed by atoms with Crippen molar-refractivity contribution in [1.82, 2.24) is 15.0 Å². The molecular formula is C6H5ClN4O.